The fourth-order valence-electron chi connectivity index (χ4n) is 3.41. The minimum Gasteiger partial charge on any atom is -0.381 e. The molecule has 0 bridgehead atoms. The molecule has 6 nitrogen and oxygen atoms in total. The Morgan fingerprint density at radius 3 is 2.34 bits per heavy atom. The number of carbonyl (C=O) groups excluding carboxylic acids is 2. The summed E-state index contributed by atoms with van der Waals surface area (Å²) < 4.78 is 27.6. The Hall–Kier alpha value is -3.81. The zero-order chi connectivity index (χ0) is 23.0. The van der Waals surface area contributed by atoms with Gasteiger partial charge < -0.3 is 4.84 Å². The molecule has 2 heterocycles. The average Bonchev–Trinajstić information content (AvgIpc) is 3.01. The maximum atomic E-state index is 13.8. The number of aryl methyl sites for hydroxylation is 1. The van der Waals surface area contributed by atoms with E-state index in [0.29, 0.717) is 17.0 Å². The number of halogens is 2. The molecule has 2 aromatic carbocycles. The molecule has 0 spiro atoms. The van der Waals surface area contributed by atoms with Crippen LogP contribution in [-0.4, -0.2) is 32.8 Å². The zero-order valence-electron chi connectivity index (χ0n) is 17.6. The number of hydrogen-bond donors (Lipinski definition) is 0. The molecule has 1 aliphatic heterocycles. The van der Waals surface area contributed by atoms with Crippen LogP contribution in [0, 0.1) is 18.6 Å². The van der Waals surface area contributed by atoms with Crippen molar-refractivity contribution in [2.45, 2.75) is 32.8 Å². The molecule has 3 aromatic rings. The Morgan fingerprint density at radius 1 is 1.06 bits per heavy atom. The van der Waals surface area contributed by atoms with Crippen molar-refractivity contribution in [2.24, 2.45) is 5.16 Å². The molecule has 0 saturated heterocycles. The van der Waals surface area contributed by atoms with E-state index >= 15 is 0 Å². The van der Waals surface area contributed by atoms with Crippen molar-refractivity contribution in [3.05, 3.63) is 82.8 Å². The van der Waals surface area contributed by atoms with E-state index in [4.69, 9.17) is 4.84 Å². The van der Waals surface area contributed by atoms with Gasteiger partial charge in [-0.1, -0.05) is 23.4 Å². The van der Waals surface area contributed by atoms with Gasteiger partial charge in [0.2, 0.25) is 5.78 Å². The van der Waals surface area contributed by atoms with E-state index in [2.05, 4.69) is 15.1 Å². The first-order chi connectivity index (χ1) is 15.2. The summed E-state index contributed by atoms with van der Waals surface area (Å²) in [6.07, 6.45) is 2.62. The maximum Gasteiger partial charge on any atom is 0.230 e. The highest BCUT2D eigenvalue weighted by atomic mass is 19.1. The molecule has 0 atom stereocenters. The van der Waals surface area contributed by atoms with Crippen molar-refractivity contribution < 1.29 is 23.2 Å². The van der Waals surface area contributed by atoms with E-state index in [-0.39, 0.29) is 17.9 Å². The van der Waals surface area contributed by atoms with Gasteiger partial charge in [-0.2, -0.15) is 0 Å². The number of hydrogen-bond acceptors (Lipinski definition) is 6. The van der Waals surface area contributed by atoms with Gasteiger partial charge in [0, 0.05) is 17.3 Å². The van der Waals surface area contributed by atoms with Crippen LogP contribution in [0.4, 0.5) is 8.78 Å². The van der Waals surface area contributed by atoms with Crippen LogP contribution in [0.3, 0.4) is 0 Å². The fraction of sp³-hybridized carbons (Fsp3) is 0.208. The molecule has 1 aromatic heterocycles. The summed E-state index contributed by atoms with van der Waals surface area (Å²) in [4.78, 5) is 38.5. The molecule has 0 saturated carbocycles. The molecule has 0 unspecified atom stereocenters. The first-order valence-corrected chi connectivity index (χ1v) is 9.88. The molecule has 0 amide bonds. The number of oxime groups is 1. The van der Waals surface area contributed by atoms with Gasteiger partial charge in [-0.15, -0.1) is 0 Å². The summed E-state index contributed by atoms with van der Waals surface area (Å²) in [5.74, 6) is -2.72. The second kappa shape index (κ2) is 8.03. The van der Waals surface area contributed by atoms with Gasteiger partial charge in [-0.25, -0.2) is 8.78 Å². The second-order valence-corrected chi connectivity index (χ2v) is 7.99. The molecule has 162 valence electrons. The van der Waals surface area contributed by atoms with Crippen LogP contribution < -0.4 is 0 Å². The molecule has 0 N–H and O–H groups in total. The summed E-state index contributed by atoms with van der Waals surface area (Å²) in [7, 11) is 0. The molecule has 1 aliphatic rings. The molecule has 32 heavy (non-hydrogen) atoms. The largest absolute Gasteiger partial charge is 0.381 e. The Balaban J connectivity index is 1.53. The van der Waals surface area contributed by atoms with Crippen molar-refractivity contribution in [3.63, 3.8) is 0 Å². The highest BCUT2D eigenvalue weighted by Gasteiger charge is 2.40. The number of ketones is 2. The number of rotatable bonds is 5. The summed E-state index contributed by atoms with van der Waals surface area (Å²) in [5.41, 5.74) is 1.82. The molecule has 4 rings (SSSR count). The Labute approximate surface area is 183 Å². The molecule has 0 radical (unpaired) electrons. The van der Waals surface area contributed by atoms with Gasteiger partial charge in [0.25, 0.3) is 0 Å². The predicted octanol–water partition coefficient (Wildman–Crippen LogP) is 4.24. The van der Waals surface area contributed by atoms with E-state index in [1.807, 2.05) is 13.0 Å². The lowest BCUT2D eigenvalue weighted by Crippen LogP contribution is -2.33. The van der Waals surface area contributed by atoms with Gasteiger partial charge in [0.05, 0.1) is 29.6 Å². The van der Waals surface area contributed by atoms with Crippen molar-refractivity contribution in [1.82, 2.24) is 9.97 Å². The van der Waals surface area contributed by atoms with Crippen LogP contribution in [0.25, 0.3) is 11.3 Å². The third-order valence-corrected chi connectivity index (χ3v) is 5.19. The van der Waals surface area contributed by atoms with E-state index in [1.165, 1.54) is 18.5 Å². The lowest BCUT2D eigenvalue weighted by molar-refractivity contribution is -0.128. The first-order valence-electron chi connectivity index (χ1n) is 9.88. The fourth-order valence-corrected chi connectivity index (χ4v) is 3.41. The quantitative estimate of drug-likeness (QED) is 0.560. The smallest absolute Gasteiger partial charge is 0.230 e. The highest BCUT2D eigenvalue weighted by molar-refractivity contribution is 6.49. The molecule has 8 heteroatoms. The van der Waals surface area contributed by atoms with Gasteiger partial charge in [-0.3, -0.25) is 19.6 Å². The van der Waals surface area contributed by atoms with Gasteiger partial charge in [-0.05, 0) is 44.5 Å². The topological polar surface area (TPSA) is 81.5 Å². The molecule has 0 aliphatic carbocycles. The number of nitrogens with zero attached hydrogens (tertiary/aromatic N) is 3. The molecular weight excluding hydrogens is 416 g/mol. The number of benzene rings is 2. The standard InChI is InChI=1S/C24H19F2N3O3/c1-13-9-14(22-23(31)24(2,3)32-29-22)7-8-16(13)19-12-27-15(11-28-19)10-20(30)21-17(25)5-4-6-18(21)26/h4-9,11-12H,10H2,1-3H3. The normalized spacial score (nSPS) is 14.8. The SMILES string of the molecule is Cc1cc(C2=NOC(C)(C)C2=O)ccc1-c1cnc(CC(=O)c2c(F)cccc2F)cn1. The van der Waals surface area contributed by atoms with Crippen molar-refractivity contribution in [3.8, 4) is 11.3 Å². The van der Waals surface area contributed by atoms with Crippen molar-refractivity contribution in [2.75, 3.05) is 0 Å². The summed E-state index contributed by atoms with van der Waals surface area (Å²) in [6.45, 7) is 5.19. The van der Waals surface area contributed by atoms with Gasteiger partial charge >= 0.3 is 0 Å². The van der Waals surface area contributed by atoms with Crippen molar-refractivity contribution in [1.29, 1.82) is 0 Å². The Bertz CT molecular complexity index is 1250. The van der Waals surface area contributed by atoms with Crippen LogP contribution in [0.15, 0.2) is 53.9 Å². The lowest BCUT2D eigenvalue weighted by atomic mass is 9.93. The molecular formula is C24H19F2N3O3. The zero-order valence-corrected chi connectivity index (χ0v) is 17.6. The summed E-state index contributed by atoms with van der Waals surface area (Å²) >= 11 is 0. The number of Topliss-reactive ketones (excluding diaryl/α,β-unsaturated/α-hetero) is 2. The predicted molar refractivity (Wildman–Crippen MR) is 113 cm³/mol. The minimum atomic E-state index is -0.980. The van der Waals surface area contributed by atoms with E-state index in [9.17, 15) is 18.4 Å². The third-order valence-electron chi connectivity index (χ3n) is 5.19. The van der Waals surface area contributed by atoms with E-state index in [1.54, 1.807) is 26.0 Å². The third kappa shape index (κ3) is 3.91. The Morgan fingerprint density at radius 2 is 1.78 bits per heavy atom. The van der Waals surface area contributed by atoms with Crippen LogP contribution >= 0.6 is 0 Å². The lowest BCUT2D eigenvalue weighted by Gasteiger charge is -2.12. The van der Waals surface area contributed by atoms with Crippen LogP contribution in [0.5, 0.6) is 0 Å². The van der Waals surface area contributed by atoms with E-state index < -0.39 is 28.6 Å². The number of aromatic nitrogens is 2. The first kappa shape index (κ1) is 21.4. The molecule has 0 fully saturated rings. The monoisotopic (exact) mass is 435 g/mol. The van der Waals surface area contributed by atoms with Crippen LogP contribution in [0.2, 0.25) is 0 Å². The number of carbonyl (C=O) groups is 2. The van der Waals surface area contributed by atoms with Gasteiger partial charge in [0.1, 0.15) is 11.6 Å². The van der Waals surface area contributed by atoms with Crippen molar-refractivity contribution >= 4 is 17.3 Å². The Kier molecular flexibility index (Phi) is 5.38. The van der Waals surface area contributed by atoms with Gasteiger partial charge in [0.15, 0.2) is 17.1 Å². The van der Waals surface area contributed by atoms with Crippen LogP contribution in [0.1, 0.15) is 41.0 Å². The average molecular weight is 435 g/mol. The maximum absolute atomic E-state index is 13.8. The summed E-state index contributed by atoms with van der Waals surface area (Å²) in [5, 5.41) is 3.91. The van der Waals surface area contributed by atoms with E-state index in [0.717, 1.165) is 23.3 Å². The summed E-state index contributed by atoms with van der Waals surface area (Å²) in [6, 6.07) is 8.65. The highest BCUT2D eigenvalue weighted by Crippen LogP contribution is 2.27. The second-order valence-electron chi connectivity index (χ2n) is 7.99. The van der Waals surface area contributed by atoms with Crippen LogP contribution in [-0.2, 0) is 16.1 Å². The minimum absolute atomic E-state index is 0.190.